The maximum Gasteiger partial charge on any atom is 0.306 e. The maximum atomic E-state index is 12.2. The van der Waals surface area contributed by atoms with Gasteiger partial charge in [0, 0.05) is 11.1 Å². The normalized spacial score (nSPS) is 23.4. The zero-order valence-corrected chi connectivity index (χ0v) is 12.3. The highest BCUT2D eigenvalue weighted by Crippen LogP contribution is 2.26. The molecule has 1 aromatic rings. The minimum absolute atomic E-state index is 0.0995. The molecule has 20 heavy (non-hydrogen) atoms. The van der Waals surface area contributed by atoms with Crippen LogP contribution in [0.4, 0.5) is 0 Å². The van der Waals surface area contributed by atoms with E-state index in [-0.39, 0.29) is 10.9 Å². The number of carboxylic acids is 1. The van der Waals surface area contributed by atoms with Crippen molar-refractivity contribution in [2.24, 2.45) is 5.92 Å². The second kappa shape index (κ2) is 6.11. The molecule has 0 aliphatic heterocycles. The average Bonchev–Trinajstić information content (AvgIpc) is 2.38. The van der Waals surface area contributed by atoms with Crippen LogP contribution in [0.3, 0.4) is 0 Å². The second-order valence-electron chi connectivity index (χ2n) is 4.98. The molecule has 0 radical (unpaired) electrons. The highest BCUT2D eigenvalue weighted by atomic mass is 35.5. The lowest BCUT2D eigenvalue weighted by molar-refractivity contribution is -0.143. The Labute approximate surface area is 123 Å². The molecule has 5 nitrogen and oxygen atoms in total. The van der Waals surface area contributed by atoms with Crippen LogP contribution in [-0.2, 0) is 14.8 Å². The number of hydrogen-bond acceptors (Lipinski definition) is 3. The molecule has 1 fully saturated rings. The fourth-order valence-electron chi connectivity index (χ4n) is 2.44. The number of carboxylic acid groups (broad SMARTS) is 1. The van der Waals surface area contributed by atoms with Crippen molar-refractivity contribution < 1.29 is 18.3 Å². The van der Waals surface area contributed by atoms with Gasteiger partial charge in [0.2, 0.25) is 10.0 Å². The minimum Gasteiger partial charge on any atom is -0.481 e. The van der Waals surface area contributed by atoms with Crippen molar-refractivity contribution in [2.45, 2.75) is 36.6 Å². The molecule has 1 aliphatic carbocycles. The van der Waals surface area contributed by atoms with Crippen molar-refractivity contribution in [3.8, 4) is 0 Å². The van der Waals surface area contributed by atoms with Gasteiger partial charge in [-0.3, -0.25) is 4.79 Å². The molecule has 0 saturated heterocycles. The third kappa shape index (κ3) is 3.71. The molecule has 2 rings (SSSR count). The first kappa shape index (κ1) is 15.3. The summed E-state index contributed by atoms with van der Waals surface area (Å²) in [5.74, 6) is -1.34. The summed E-state index contributed by atoms with van der Waals surface area (Å²) in [6, 6.07) is 5.67. The van der Waals surface area contributed by atoms with E-state index >= 15 is 0 Å². The van der Waals surface area contributed by atoms with Crippen LogP contribution >= 0.6 is 11.6 Å². The Kier molecular flexibility index (Phi) is 4.67. The van der Waals surface area contributed by atoms with E-state index in [1.54, 1.807) is 12.1 Å². The lowest BCUT2D eigenvalue weighted by Gasteiger charge is -2.27. The predicted octanol–water partition coefficient (Wildman–Crippen LogP) is 2.26. The number of benzene rings is 1. The topological polar surface area (TPSA) is 83.5 Å². The first-order valence-corrected chi connectivity index (χ1v) is 8.25. The van der Waals surface area contributed by atoms with Gasteiger partial charge in [-0.25, -0.2) is 13.1 Å². The van der Waals surface area contributed by atoms with Crippen molar-refractivity contribution in [1.29, 1.82) is 0 Å². The van der Waals surface area contributed by atoms with Crippen LogP contribution in [0.2, 0.25) is 5.02 Å². The number of nitrogens with one attached hydrogen (secondary N) is 1. The van der Waals surface area contributed by atoms with Crippen LogP contribution in [0.15, 0.2) is 29.2 Å². The maximum absolute atomic E-state index is 12.2. The van der Waals surface area contributed by atoms with Crippen LogP contribution < -0.4 is 4.72 Å². The van der Waals surface area contributed by atoms with Crippen molar-refractivity contribution in [3.05, 3.63) is 29.3 Å². The van der Waals surface area contributed by atoms with Crippen molar-refractivity contribution in [1.82, 2.24) is 4.72 Å². The van der Waals surface area contributed by atoms with Gasteiger partial charge < -0.3 is 5.11 Å². The molecule has 0 bridgehead atoms. The highest BCUT2D eigenvalue weighted by molar-refractivity contribution is 7.89. The summed E-state index contributed by atoms with van der Waals surface area (Å²) in [5, 5.41) is 9.36. The van der Waals surface area contributed by atoms with E-state index in [1.165, 1.54) is 12.1 Å². The number of sulfonamides is 1. The summed E-state index contributed by atoms with van der Waals surface area (Å²) in [5.41, 5.74) is 0. The van der Waals surface area contributed by atoms with Gasteiger partial charge in [0.15, 0.2) is 0 Å². The lowest BCUT2D eigenvalue weighted by atomic mass is 9.86. The Hall–Kier alpha value is -1.11. The number of hydrogen-bond donors (Lipinski definition) is 2. The van der Waals surface area contributed by atoms with Gasteiger partial charge in [0.25, 0.3) is 0 Å². The Balaban J connectivity index is 2.10. The standard InChI is InChI=1S/C13H16ClNO4S/c14-10-4-2-6-12(8-10)20(18,19)15-11-5-1-3-9(7-11)13(16)17/h2,4,6,8-9,11,15H,1,3,5,7H2,(H,16,17)/t9-,11-/m0/s1. The predicted molar refractivity (Wildman–Crippen MR) is 75.2 cm³/mol. The molecule has 1 aliphatic rings. The first-order valence-electron chi connectivity index (χ1n) is 6.39. The SMILES string of the molecule is O=C(O)[C@H]1CCC[C@H](NS(=O)(=O)c2cccc(Cl)c2)C1. The first-order chi connectivity index (χ1) is 9.38. The fraction of sp³-hybridized carbons (Fsp3) is 0.462. The van der Waals surface area contributed by atoms with Crippen LogP contribution in [0.25, 0.3) is 0 Å². The zero-order valence-electron chi connectivity index (χ0n) is 10.8. The molecule has 110 valence electrons. The summed E-state index contributed by atoms with van der Waals surface area (Å²) in [7, 11) is -3.66. The molecule has 0 unspecified atom stereocenters. The summed E-state index contributed by atoms with van der Waals surface area (Å²) >= 11 is 5.79. The summed E-state index contributed by atoms with van der Waals surface area (Å²) < 4.78 is 27.0. The number of rotatable bonds is 4. The van der Waals surface area contributed by atoms with Gasteiger partial charge >= 0.3 is 5.97 Å². The number of aliphatic carboxylic acids is 1. The van der Waals surface area contributed by atoms with Crippen molar-refractivity contribution >= 4 is 27.6 Å². The van der Waals surface area contributed by atoms with E-state index in [0.717, 1.165) is 0 Å². The molecule has 7 heteroatoms. The number of carbonyl (C=O) groups is 1. The number of halogens is 1. The van der Waals surface area contributed by atoms with Gasteiger partial charge in [0.05, 0.1) is 10.8 Å². The van der Waals surface area contributed by atoms with Crippen LogP contribution in [0, 0.1) is 5.92 Å². The largest absolute Gasteiger partial charge is 0.481 e. The molecule has 1 aromatic carbocycles. The Bertz CT molecular complexity index is 602. The molecular formula is C13H16ClNO4S. The lowest BCUT2D eigenvalue weighted by Crippen LogP contribution is -2.39. The van der Waals surface area contributed by atoms with E-state index in [2.05, 4.69) is 4.72 Å². The van der Waals surface area contributed by atoms with E-state index in [0.29, 0.717) is 30.7 Å². The van der Waals surface area contributed by atoms with Gasteiger partial charge in [-0.05, 0) is 37.5 Å². The van der Waals surface area contributed by atoms with Crippen molar-refractivity contribution in [2.75, 3.05) is 0 Å². The van der Waals surface area contributed by atoms with Gasteiger partial charge in [-0.2, -0.15) is 0 Å². The van der Waals surface area contributed by atoms with Gasteiger partial charge in [0.1, 0.15) is 0 Å². The third-order valence-corrected chi connectivity index (χ3v) is 5.20. The highest BCUT2D eigenvalue weighted by Gasteiger charge is 2.29. The summed E-state index contributed by atoms with van der Waals surface area (Å²) in [6.45, 7) is 0. The molecule has 0 heterocycles. The van der Waals surface area contributed by atoms with E-state index < -0.39 is 21.9 Å². The molecule has 2 atom stereocenters. The second-order valence-corrected chi connectivity index (χ2v) is 7.13. The quantitative estimate of drug-likeness (QED) is 0.892. The third-order valence-electron chi connectivity index (χ3n) is 3.45. The minimum atomic E-state index is -3.66. The fourth-order valence-corrected chi connectivity index (χ4v) is 4.03. The summed E-state index contributed by atoms with van der Waals surface area (Å²) in [6.07, 6.45) is 2.29. The zero-order chi connectivity index (χ0) is 14.8. The van der Waals surface area contributed by atoms with Crippen LogP contribution in [-0.4, -0.2) is 25.5 Å². The monoisotopic (exact) mass is 317 g/mol. The van der Waals surface area contributed by atoms with Crippen LogP contribution in [0.1, 0.15) is 25.7 Å². The molecule has 0 aromatic heterocycles. The van der Waals surface area contributed by atoms with Gasteiger partial charge in [-0.1, -0.05) is 24.1 Å². The molecule has 0 spiro atoms. The average molecular weight is 318 g/mol. The smallest absolute Gasteiger partial charge is 0.306 e. The Morgan fingerprint density at radius 1 is 1.35 bits per heavy atom. The van der Waals surface area contributed by atoms with Crippen molar-refractivity contribution in [3.63, 3.8) is 0 Å². The van der Waals surface area contributed by atoms with E-state index in [9.17, 15) is 13.2 Å². The Morgan fingerprint density at radius 2 is 2.10 bits per heavy atom. The molecule has 0 amide bonds. The van der Waals surface area contributed by atoms with E-state index in [1.807, 2.05) is 0 Å². The Morgan fingerprint density at radius 3 is 2.75 bits per heavy atom. The van der Waals surface area contributed by atoms with Gasteiger partial charge in [-0.15, -0.1) is 0 Å². The van der Waals surface area contributed by atoms with Crippen LogP contribution in [0.5, 0.6) is 0 Å². The molecular weight excluding hydrogens is 302 g/mol. The molecule has 2 N–H and O–H groups in total. The summed E-state index contributed by atoms with van der Waals surface area (Å²) in [4.78, 5) is 11.1. The molecule has 1 saturated carbocycles. The van der Waals surface area contributed by atoms with E-state index in [4.69, 9.17) is 16.7 Å².